The van der Waals surface area contributed by atoms with Crippen molar-refractivity contribution < 1.29 is 13.2 Å². The highest BCUT2D eigenvalue weighted by Gasteiger charge is 2.09. The predicted octanol–water partition coefficient (Wildman–Crippen LogP) is 1.13. The number of nitrogens with zero attached hydrogens (tertiary/aromatic N) is 2. The van der Waals surface area contributed by atoms with Crippen molar-refractivity contribution in [3.63, 3.8) is 0 Å². The molecule has 0 aliphatic rings. The van der Waals surface area contributed by atoms with E-state index in [1.807, 2.05) is 6.07 Å². The highest BCUT2D eigenvalue weighted by Crippen LogP contribution is 2.06. The van der Waals surface area contributed by atoms with Crippen molar-refractivity contribution >= 4 is 15.7 Å². The van der Waals surface area contributed by atoms with Crippen LogP contribution in [0.4, 0.5) is 0 Å². The Kier molecular flexibility index (Phi) is 7.29. The van der Waals surface area contributed by atoms with E-state index in [4.69, 9.17) is 5.26 Å². The summed E-state index contributed by atoms with van der Waals surface area (Å²) in [5.74, 6) is -0.105. The summed E-state index contributed by atoms with van der Waals surface area (Å²) in [6.07, 6.45) is 5.63. The number of unbranched alkanes of at least 4 members (excludes halogenated alkanes) is 3. The fourth-order valence-corrected chi connectivity index (χ4v) is 2.08. The zero-order valence-electron chi connectivity index (χ0n) is 11.1. The lowest BCUT2D eigenvalue weighted by Gasteiger charge is -2.08. The molecule has 0 saturated carbocycles. The number of hydrogen-bond donors (Lipinski definition) is 0. The average molecular weight is 272 g/mol. The summed E-state index contributed by atoms with van der Waals surface area (Å²) < 4.78 is 21.8. The number of carbonyl (C=O) groups excluding carboxylic acids is 1. The Morgan fingerprint density at radius 3 is 2.33 bits per heavy atom. The van der Waals surface area contributed by atoms with Gasteiger partial charge in [-0.05, 0) is 19.3 Å². The van der Waals surface area contributed by atoms with Crippen LogP contribution in [-0.2, 0) is 14.6 Å². The van der Waals surface area contributed by atoms with Crippen molar-refractivity contribution in [1.82, 2.24) is 4.90 Å². The fourth-order valence-electron chi connectivity index (χ4n) is 1.35. The molecule has 0 saturated heterocycles. The summed E-state index contributed by atoms with van der Waals surface area (Å²) in [6.45, 7) is 0. The molecule has 0 atom stereocenters. The zero-order valence-corrected chi connectivity index (χ0v) is 12.0. The number of carbonyl (C=O) groups is 1. The van der Waals surface area contributed by atoms with Gasteiger partial charge in [0.1, 0.15) is 21.5 Å². The maximum absolute atomic E-state index is 11.5. The lowest BCUT2D eigenvalue weighted by molar-refractivity contribution is -0.124. The summed E-state index contributed by atoms with van der Waals surface area (Å²) in [4.78, 5) is 12.8. The molecule has 0 bridgehead atoms. The molecule has 0 fully saturated rings. The molecule has 6 heteroatoms. The second-order valence-electron chi connectivity index (χ2n) is 4.41. The molecule has 0 N–H and O–H groups in total. The molecule has 0 aromatic heterocycles. The first-order valence-corrected chi connectivity index (χ1v) is 7.83. The Hall–Kier alpha value is -1.35. The Balaban J connectivity index is 4.01. The Labute approximate surface area is 109 Å². The number of rotatable bonds is 7. The third-order valence-electron chi connectivity index (χ3n) is 2.32. The molecule has 5 nitrogen and oxygen atoms in total. The third-order valence-corrected chi connectivity index (χ3v) is 3.36. The molecule has 0 aliphatic carbocycles. The van der Waals surface area contributed by atoms with Gasteiger partial charge in [-0.25, -0.2) is 8.42 Å². The van der Waals surface area contributed by atoms with Gasteiger partial charge in [-0.1, -0.05) is 12.5 Å². The van der Waals surface area contributed by atoms with Gasteiger partial charge in [0.25, 0.3) is 5.91 Å². The summed E-state index contributed by atoms with van der Waals surface area (Å²) in [6, 6.07) is 1.87. The maximum Gasteiger partial charge on any atom is 0.263 e. The van der Waals surface area contributed by atoms with Gasteiger partial charge in [0.15, 0.2) is 0 Å². The van der Waals surface area contributed by atoms with Crippen molar-refractivity contribution in [3.8, 4) is 6.07 Å². The number of sulfone groups is 1. The fraction of sp³-hybridized carbons (Fsp3) is 0.667. The lowest BCUT2D eigenvalue weighted by Crippen LogP contribution is -2.22. The first-order valence-electron chi connectivity index (χ1n) is 5.77. The smallest absolute Gasteiger partial charge is 0.263 e. The van der Waals surface area contributed by atoms with Crippen LogP contribution in [0.3, 0.4) is 0 Å². The Bertz CT molecular complexity index is 444. The largest absolute Gasteiger partial charge is 0.344 e. The second-order valence-corrected chi connectivity index (χ2v) is 6.67. The van der Waals surface area contributed by atoms with Crippen molar-refractivity contribution in [2.24, 2.45) is 0 Å². The standard InChI is InChI=1S/C12H20N2O3S/c1-14(2)12(15)11(10-13)8-6-4-5-7-9-18(3,16)17/h8H,4-7,9H2,1-3H3/b11-8+. The van der Waals surface area contributed by atoms with Gasteiger partial charge in [-0.3, -0.25) is 4.79 Å². The van der Waals surface area contributed by atoms with Crippen LogP contribution in [0.1, 0.15) is 25.7 Å². The summed E-state index contributed by atoms with van der Waals surface area (Å²) >= 11 is 0. The highest BCUT2D eigenvalue weighted by molar-refractivity contribution is 7.90. The molecule has 0 unspecified atom stereocenters. The van der Waals surface area contributed by atoms with E-state index >= 15 is 0 Å². The number of likely N-dealkylation sites (N-methyl/N-ethyl adjacent to an activating group) is 1. The minimum Gasteiger partial charge on any atom is -0.344 e. The molecule has 102 valence electrons. The number of allylic oxidation sites excluding steroid dienone is 1. The lowest BCUT2D eigenvalue weighted by atomic mass is 10.1. The van der Waals surface area contributed by atoms with Crippen LogP contribution in [0, 0.1) is 11.3 Å². The molecule has 0 spiro atoms. The van der Waals surface area contributed by atoms with Crippen LogP contribution in [-0.4, -0.2) is 45.3 Å². The van der Waals surface area contributed by atoms with Gasteiger partial charge in [0.05, 0.1) is 0 Å². The number of amides is 1. The molecule has 0 aliphatic heterocycles. The first kappa shape index (κ1) is 16.6. The molecule has 0 radical (unpaired) electrons. The van der Waals surface area contributed by atoms with E-state index < -0.39 is 9.84 Å². The molecule has 0 aromatic rings. The van der Waals surface area contributed by atoms with Crippen LogP contribution >= 0.6 is 0 Å². The predicted molar refractivity (Wildman–Crippen MR) is 70.6 cm³/mol. The van der Waals surface area contributed by atoms with Crippen molar-refractivity contribution in [2.45, 2.75) is 25.7 Å². The number of nitriles is 1. The molecule has 1 amide bonds. The van der Waals surface area contributed by atoms with Crippen molar-refractivity contribution in [1.29, 1.82) is 5.26 Å². The summed E-state index contributed by atoms with van der Waals surface area (Å²) in [5, 5.41) is 8.81. The van der Waals surface area contributed by atoms with Gasteiger partial charge in [-0.2, -0.15) is 5.26 Å². The van der Waals surface area contributed by atoms with E-state index in [2.05, 4.69) is 0 Å². The average Bonchev–Trinajstić information content (AvgIpc) is 2.25. The van der Waals surface area contributed by atoms with E-state index in [1.165, 1.54) is 11.2 Å². The minimum absolute atomic E-state index is 0.142. The highest BCUT2D eigenvalue weighted by atomic mass is 32.2. The van der Waals surface area contributed by atoms with Crippen LogP contribution in [0.2, 0.25) is 0 Å². The summed E-state index contributed by atoms with van der Waals surface area (Å²) in [5.41, 5.74) is 0.142. The van der Waals surface area contributed by atoms with Crippen LogP contribution in [0.5, 0.6) is 0 Å². The van der Waals surface area contributed by atoms with E-state index in [-0.39, 0.29) is 17.2 Å². The molecular weight excluding hydrogens is 252 g/mol. The van der Waals surface area contributed by atoms with E-state index in [1.54, 1.807) is 20.2 Å². The van der Waals surface area contributed by atoms with Crippen molar-refractivity contribution in [3.05, 3.63) is 11.6 Å². The second kappa shape index (κ2) is 7.88. The third kappa shape index (κ3) is 7.85. The monoisotopic (exact) mass is 272 g/mol. The van der Waals surface area contributed by atoms with E-state index in [0.29, 0.717) is 12.8 Å². The van der Waals surface area contributed by atoms with Crippen LogP contribution in [0.25, 0.3) is 0 Å². The zero-order chi connectivity index (χ0) is 14.2. The molecule has 18 heavy (non-hydrogen) atoms. The quantitative estimate of drug-likeness (QED) is 0.395. The SMILES string of the molecule is CN(C)C(=O)/C(C#N)=C/CCCCCS(C)(=O)=O. The van der Waals surface area contributed by atoms with Gasteiger partial charge in [0, 0.05) is 26.1 Å². The number of hydrogen-bond acceptors (Lipinski definition) is 4. The Morgan fingerprint density at radius 1 is 1.28 bits per heavy atom. The van der Waals surface area contributed by atoms with Gasteiger partial charge in [-0.15, -0.1) is 0 Å². The van der Waals surface area contributed by atoms with Crippen molar-refractivity contribution in [2.75, 3.05) is 26.1 Å². The topological polar surface area (TPSA) is 78.2 Å². The molecular formula is C12H20N2O3S. The van der Waals surface area contributed by atoms with Gasteiger partial charge < -0.3 is 4.90 Å². The molecule has 0 rings (SSSR count). The van der Waals surface area contributed by atoms with Gasteiger partial charge in [0.2, 0.25) is 0 Å². The van der Waals surface area contributed by atoms with E-state index in [0.717, 1.165) is 12.8 Å². The molecule has 0 heterocycles. The first-order chi connectivity index (χ1) is 8.28. The normalized spacial score (nSPS) is 12.0. The molecule has 0 aromatic carbocycles. The van der Waals surface area contributed by atoms with E-state index in [9.17, 15) is 13.2 Å². The van der Waals surface area contributed by atoms with Crippen LogP contribution in [0.15, 0.2) is 11.6 Å². The van der Waals surface area contributed by atoms with Gasteiger partial charge >= 0.3 is 0 Å². The maximum atomic E-state index is 11.5. The minimum atomic E-state index is -2.89. The summed E-state index contributed by atoms with van der Waals surface area (Å²) in [7, 11) is 0.308. The van der Waals surface area contributed by atoms with Crippen LogP contribution < -0.4 is 0 Å². The Morgan fingerprint density at radius 2 is 1.89 bits per heavy atom.